The molecule has 2 amide bonds. The monoisotopic (exact) mass is 357 g/mol. The lowest BCUT2D eigenvalue weighted by atomic mass is 10.0. The van der Waals surface area contributed by atoms with E-state index in [1.165, 1.54) is 18.2 Å². The van der Waals surface area contributed by atoms with Crippen molar-refractivity contribution in [2.24, 2.45) is 5.92 Å². The highest BCUT2D eigenvalue weighted by Gasteiger charge is 2.32. The van der Waals surface area contributed by atoms with Crippen molar-refractivity contribution in [3.05, 3.63) is 35.6 Å². The number of hydrogen-bond donors (Lipinski definition) is 2. The van der Waals surface area contributed by atoms with Crippen LogP contribution in [-0.4, -0.2) is 48.9 Å². The number of carbonyl (C=O) groups is 2. The van der Waals surface area contributed by atoms with E-state index in [0.717, 1.165) is 19.5 Å². The van der Waals surface area contributed by atoms with Crippen LogP contribution in [0.15, 0.2) is 24.3 Å². The summed E-state index contributed by atoms with van der Waals surface area (Å²) in [6.07, 6.45) is 0.897. The van der Waals surface area contributed by atoms with Gasteiger partial charge in [-0.2, -0.15) is 0 Å². The third kappa shape index (κ3) is 4.68. The fraction of sp³-hybridized carbons (Fsp3) is 0.529. The van der Waals surface area contributed by atoms with E-state index in [4.69, 9.17) is 0 Å². The Labute approximate surface area is 148 Å². The van der Waals surface area contributed by atoms with E-state index in [-0.39, 0.29) is 35.8 Å². The van der Waals surface area contributed by atoms with Crippen molar-refractivity contribution in [2.45, 2.75) is 32.4 Å². The van der Waals surface area contributed by atoms with Crippen molar-refractivity contribution in [3.63, 3.8) is 0 Å². The lowest BCUT2D eigenvalue weighted by Gasteiger charge is -2.30. The average Bonchev–Trinajstić information content (AvgIpc) is 3.05. The molecular formula is C17H25ClFN3O2. The molecule has 1 aromatic rings. The van der Waals surface area contributed by atoms with Gasteiger partial charge in [0.2, 0.25) is 5.91 Å². The molecule has 2 unspecified atom stereocenters. The van der Waals surface area contributed by atoms with Crippen LogP contribution >= 0.6 is 12.4 Å². The number of nitrogens with one attached hydrogen (secondary N) is 2. The first kappa shape index (κ1) is 20.4. The van der Waals surface area contributed by atoms with Crippen LogP contribution in [0.5, 0.6) is 0 Å². The van der Waals surface area contributed by atoms with Gasteiger partial charge in [0, 0.05) is 19.6 Å². The van der Waals surface area contributed by atoms with Crippen LogP contribution in [0.3, 0.4) is 0 Å². The largest absolute Gasteiger partial charge is 0.340 e. The van der Waals surface area contributed by atoms with Gasteiger partial charge >= 0.3 is 0 Å². The van der Waals surface area contributed by atoms with E-state index >= 15 is 0 Å². The molecule has 1 heterocycles. The van der Waals surface area contributed by atoms with Gasteiger partial charge in [0.05, 0.1) is 5.56 Å². The van der Waals surface area contributed by atoms with E-state index in [9.17, 15) is 14.0 Å². The van der Waals surface area contributed by atoms with Crippen molar-refractivity contribution in [2.75, 3.05) is 20.1 Å². The predicted molar refractivity (Wildman–Crippen MR) is 93.8 cm³/mol. The summed E-state index contributed by atoms with van der Waals surface area (Å²) < 4.78 is 13.7. The van der Waals surface area contributed by atoms with Crippen LogP contribution in [0.1, 0.15) is 30.6 Å². The molecule has 1 saturated heterocycles. The number of carbonyl (C=O) groups excluding carboxylic acids is 2. The van der Waals surface area contributed by atoms with Crippen LogP contribution < -0.4 is 10.6 Å². The van der Waals surface area contributed by atoms with Gasteiger partial charge in [0.15, 0.2) is 0 Å². The van der Waals surface area contributed by atoms with Crippen molar-refractivity contribution < 1.29 is 14.0 Å². The molecule has 0 aliphatic carbocycles. The molecule has 0 saturated carbocycles. The lowest BCUT2D eigenvalue weighted by molar-refractivity contribution is -0.134. The first-order valence-corrected chi connectivity index (χ1v) is 7.94. The minimum Gasteiger partial charge on any atom is -0.340 e. The van der Waals surface area contributed by atoms with Crippen molar-refractivity contribution >= 4 is 24.2 Å². The Balaban J connectivity index is 0.00000288. The summed E-state index contributed by atoms with van der Waals surface area (Å²) in [5.74, 6) is -1.38. The Morgan fingerprint density at radius 2 is 2.00 bits per heavy atom. The second-order valence-corrected chi connectivity index (χ2v) is 6.27. The Bertz CT molecular complexity index is 577. The molecule has 7 heteroatoms. The average molecular weight is 358 g/mol. The minimum atomic E-state index is -0.673. The maximum atomic E-state index is 13.7. The highest BCUT2D eigenvalue weighted by atomic mass is 35.5. The summed E-state index contributed by atoms with van der Waals surface area (Å²) in [4.78, 5) is 26.7. The first-order chi connectivity index (χ1) is 10.9. The number of amides is 2. The predicted octanol–water partition coefficient (Wildman–Crippen LogP) is 1.82. The fourth-order valence-corrected chi connectivity index (χ4v) is 2.75. The Morgan fingerprint density at radius 3 is 2.54 bits per heavy atom. The lowest BCUT2D eigenvalue weighted by Crippen LogP contribution is -2.53. The second kappa shape index (κ2) is 8.99. The number of likely N-dealkylation sites (N-methyl/N-ethyl adjacent to an activating group) is 1. The zero-order valence-corrected chi connectivity index (χ0v) is 15.0. The molecule has 24 heavy (non-hydrogen) atoms. The van der Waals surface area contributed by atoms with Gasteiger partial charge in [-0.15, -0.1) is 12.4 Å². The van der Waals surface area contributed by atoms with Gasteiger partial charge in [0.25, 0.3) is 5.91 Å². The molecule has 0 spiro atoms. The molecular weight excluding hydrogens is 333 g/mol. The minimum absolute atomic E-state index is 0. The fourth-order valence-electron chi connectivity index (χ4n) is 2.75. The van der Waals surface area contributed by atoms with Crippen molar-refractivity contribution in [1.82, 2.24) is 15.5 Å². The Kier molecular flexibility index (Phi) is 7.63. The second-order valence-electron chi connectivity index (χ2n) is 6.27. The number of hydrogen-bond acceptors (Lipinski definition) is 3. The topological polar surface area (TPSA) is 61.4 Å². The van der Waals surface area contributed by atoms with E-state index in [0.29, 0.717) is 0 Å². The molecule has 1 aromatic carbocycles. The van der Waals surface area contributed by atoms with E-state index in [1.807, 2.05) is 13.8 Å². The van der Waals surface area contributed by atoms with Crippen molar-refractivity contribution in [1.29, 1.82) is 0 Å². The van der Waals surface area contributed by atoms with Gasteiger partial charge in [0.1, 0.15) is 11.9 Å². The van der Waals surface area contributed by atoms with Crippen LogP contribution in [0.4, 0.5) is 4.39 Å². The zero-order chi connectivity index (χ0) is 17.0. The highest BCUT2D eigenvalue weighted by Crippen LogP contribution is 2.13. The SMILES string of the molecule is CC(C)C(NC(=O)c1ccccc1F)C(=O)N(C)C1CCNC1.Cl. The summed E-state index contributed by atoms with van der Waals surface area (Å²) in [6, 6.07) is 5.23. The van der Waals surface area contributed by atoms with Gasteiger partial charge in [-0.05, 0) is 31.0 Å². The summed E-state index contributed by atoms with van der Waals surface area (Å²) in [6.45, 7) is 5.38. The quantitative estimate of drug-likeness (QED) is 0.845. The number of benzene rings is 1. The summed E-state index contributed by atoms with van der Waals surface area (Å²) >= 11 is 0. The maximum absolute atomic E-state index is 13.7. The van der Waals surface area contributed by atoms with Crippen LogP contribution in [0, 0.1) is 11.7 Å². The molecule has 1 aliphatic heterocycles. The third-order valence-electron chi connectivity index (χ3n) is 4.27. The van der Waals surface area contributed by atoms with Gasteiger partial charge < -0.3 is 15.5 Å². The number of rotatable bonds is 5. The zero-order valence-electron chi connectivity index (χ0n) is 14.2. The van der Waals surface area contributed by atoms with Gasteiger partial charge in [-0.1, -0.05) is 26.0 Å². The van der Waals surface area contributed by atoms with E-state index in [1.54, 1.807) is 18.0 Å². The Morgan fingerprint density at radius 1 is 1.33 bits per heavy atom. The molecule has 2 atom stereocenters. The number of halogens is 2. The van der Waals surface area contributed by atoms with Crippen LogP contribution in [0.25, 0.3) is 0 Å². The molecule has 134 valence electrons. The smallest absolute Gasteiger partial charge is 0.254 e. The van der Waals surface area contributed by atoms with Crippen molar-refractivity contribution in [3.8, 4) is 0 Å². The molecule has 2 rings (SSSR count). The molecule has 1 fully saturated rings. The maximum Gasteiger partial charge on any atom is 0.254 e. The summed E-state index contributed by atoms with van der Waals surface area (Å²) in [5.41, 5.74) is -0.0452. The first-order valence-electron chi connectivity index (χ1n) is 7.94. The number of nitrogens with zero attached hydrogens (tertiary/aromatic N) is 1. The molecule has 1 aliphatic rings. The van der Waals surface area contributed by atoms with Gasteiger partial charge in [-0.25, -0.2) is 4.39 Å². The van der Waals surface area contributed by atoms with E-state index < -0.39 is 17.8 Å². The molecule has 0 radical (unpaired) electrons. The molecule has 0 bridgehead atoms. The third-order valence-corrected chi connectivity index (χ3v) is 4.27. The molecule has 0 aromatic heterocycles. The van der Waals surface area contributed by atoms with Crippen LogP contribution in [0.2, 0.25) is 0 Å². The molecule has 2 N–H and O–H groups in total. The van der Waals surface area contributed by atoms with Crippen LogP contribution in [-0.2, 0) is 4.79 Å². The summed E-state index contributed by atoms with van der Waals surface area (Å²) in [7, 11) is 1.75. The molecule has 5 nitrogen and oxygen atoms in total. The normalized spacial score (nSPS) is 18.0. The summed E-state index contributed by atoms with van der Waals surface area (Å²) in [5, 5.41) is 5.91. The van der Waals surface area contributed by atoms with Gasteiger partial charge in [-0.3, -0.25) is 9.59 Å². The standard InChI is InChI=1S/C17H24FN3O2.ClH/c1-11(2)15(17(23)21(3)12-8-9-19-10-12)20-16(22)13-6-4-5-7-14(13)18;/h4-7,11-12,15,19H,8-10H2,1-3H3,(H,20,22);1H. The highest BCUT2D eigenvalue weighted by molar-refractivity contribution is 5.97. The Hall–Kier alpha value is -1.66. The van der Waals surface area contributed by atoms with E-state index in [2.05, 4.69) is 10.6 Å².